The van der Waals surface area contributed by atoms with Crippen molar-refractivity contribution in [3.05, 3.63) is 217 Å². The molecule has 0 aliphatic rings. The topological polar surface area (TPSA) is 64.1 Å². The zero-order valence-electron chi connectivity index (χ0n) is 38.0. The number of benzene rings is 8. The van der Waals surface area contributed by atoms with Crippen molar-refractivity contribution in [2.45, 2.75) is 26.1 Å². The quantitative estimate of drug-likeness (QED) is 0.154. The Morgan fingerprint density at radius 1 is 0.625 bits per heavy atom. The normalized spacial score (nSPS) is 12.5. The maximum atomic E-state index is 11.4. The second-order valence-corrected chi connectivity index (χ2v) is 16.5. The molecule has 11 aromatic rings. The molecule has 0 unspecified atom stereocenters. The van der Waals surface area contributed by atoms with Crippen molar-refractivity contribution < 1.29 is 34.7 Å². The number of hydrogen-bond acceptors (Lipinski definition) is 4. The number of furan rings is 1. The maximum absolute atomic E-state index is 11.4. The second-order valence-electron chi connectivity index (χ2n) is 16.5. The van der Waals surface area contributed by atoms with Crippen LogP contribution in [0.4, 0.5) is 0 Å². The third-order valence-corrected chi connectivity index (χ3v) is 12.3. The van der Waals surface area contributed by atoms with Crippen LogP contribution in [-0.4, -0.2) is 19.6 Å². The van der Waals surface area contributed by atoms with Gasteiger partial charge in [-0.05, 0) is 87.9 Å². The molecule has 0 radical (unpaired) electrons. The van der Waals surface area contributed by atoms with Crippen LogP contribution >= 0.6 is 0 Å². The molecule has 0 spiro atoms. The van der Waals surface area contributed by atoms with E-state index in [4.69, 9.17) is 18.5 Å². The molecule has 0 atom stereocenters. The van der Waals surface area contributed by atoms with Crippen molar-refractivity contribution in [3.63, 3.8) is 0 Å². The fourth-order valence-corrected chi connectivity index (χ4v) is 8.95. The van der Waals surface area contributed by atoms with Crippen LogP contribution in [0, 0.1) is 12.9 Å². The van der Waals surface area contributed by atoms with E-state index in [0.717, 1.165) is 60.9 Å². The van der Waals surface area contributed by atoms with Crippen LogP contribution in [0.1, 0.15) is 34.7 Å². The number of rotatable bonds is 8. The number of hydrogen-bond donors (Lipinski definition) is 1. The van der Waals surface area contributed by atoms with Crippen molar-refractivity contribution in [2.75, 3.05) is 0 Å². The molecule has 11 rings (SSSR count). The van der Waals surface area contributed by atoms with E-state index in [-0.39, 0.29) is 37.8 Å². The molecule has 312 valence electrons. The number of imidazole rings is 1. The van der Waals surface area contributed by atoms with Crippen LogP contribution in [0.5, 0.6) is 5.75 Å². The summed E-state index contributed by atoms with van der Waals surface area (Å²) >= 11 is 0. The SMILES string of the molecule is [2H]C([2H])([2H])c1ccc(-n2c(-c3ccccc3O)nc3c(-c4[c-]c(-c5cc(-c6ccc(C(C)(C)c7ccccc7)cc6)ccn5)cc5oc6ccccc6c45)cccc32)c(-c2ccccc2)c1.[Pt]. The van der Waals surface area contributed by atoms with E-state index in [1.54, 1.807) is 24.3 Å². The smallest absolute Gasteiger partial charge is 0.148 e. The van der Waals surface area contributed by atoms with Crippen LogP contribution in [-0.2, 0) is 26.5 Å². The molecule has 8 aromatic carbocycles. The maximum Gasteiger partial charge on any atom is 0.148 e. The van der Waals surface area contributed by atoms with E-state index < -0.39 is 6.85 Å². The summed E-state index contributed by atoms with van der Waals surface area (Å²) in [6.07, 6.45) is 1.84. The monoisotopic (exact) mass is 1010 g/mol. The summed E-state index contributed by atoms with van der Waals surface area (Å²) in [5, 5.41) is 13.3. The van der Waals surface area contributed by atoms with E-state index >= 15 is 0 Å². The van der Waals surface area contributed by atoms with Gasteiger partial charge in [0.15, 0.2) is 0 Å². The Kier molecular flexibility index (Phi) is 9.55. The molecule has 5 nitrogen and oxygen atoms in total. The molecule has 3 heterocycles. The molecule has 0 bridgehead atoms. The Morgan fingerprint density at radius 2 is 1.34 bits per heavy atom. The van der Waals surface area contributed by atoms with Gasteiger partial charge in [0.25, 0.3) is 0 Å². The van der Waals surface area contributed by atoms with E-state index in [2.05, 4.69) is 80.6 Å². The summed E-state index contributed by atoms with van der Waals surface area (Å²) in [7, 11) is 0. The van der Waals surface area contributed by atoms with Crippen molar-refractivity contribution in [1.29, 1.82) is 0 Å². The predicted octanol–water partition coefficient (Wildman–Crippen LogP) is 14.8. The molecular formula is C58H42N3O2Pt-. The largest absolute Gasteiger partial charge is 0.507 e. The minimum Gasteiger partial charge on any atom is -0.507 e. The number of pyridine rings is 1. The van der Waals surface area contributed by atoms with Gasteiger partial charge >= 0.3 is 0 Å². The van der Waals surface area contributed by atoms with Gasteiger partial charge in [-0.2, -0.15) is 0 Å². The first-order valence-electron chi connectivity index (χ1n) is 22.5. The summed E-state index contributed by atoms with van der Waals surface area (Å²) < 4.78 is 33.5. The fraction of sp³-hybridized carbons (Fsp3) is 0.0690. The van der Waals surface area contributed by atoms with Gasteiger partial charge < -0.3 is 9.52 Å². The summed E-state index contributed by atoms with van der Waals surface area (Å²) in [5.41, 5.74) is 13.3. The molecule has 0 saturated carbocycles. The van der Waals surface area contributed by atoms with Crippen LogP contribution < -0.4 is 0 Å². The minimum absolute atomic E-state index is 0. The predicted molar refractivity (Wildman–Crippen MR) is 257 cm³/mol. The van der Waals surface area contributed by atoms with Gasteiger partial charge in [-0.1, -0.05) is 176 Å². The Hall–Kier alpha value is -7.33. The van der Waals surface area contributed by atoms with Crippen molar-refractivity contribution in [2.24, 2.45) is 0 Å². The average molecular weight is 1010 g/mol. The molecule has 64 heavy (non-hydrogen) atoms. The third kappa shape index (κ3) is 7.03. The summed E-state index contributed by atoms with van der Waals surface area (Å²) in [4.78, 5) is 10.3. The van der Waals surface area contributed by atoms with E-state index in [1.165, 1.54) is 11.1 Å². The Labute approximate surface area is 390 Å². The number of aromatic hydroxyl groups is 1. The third-order valence-electron chi connectivity index (χ3n) is 12.3. The fourth-order valence-electron chi connectivity index (χ4n) is 8.95. The van der Waals surface area contributed by atoms with Gasteiger partial charge in [0.05, 0.1) is 27.9 Å². The molecule has 1 N–H and O–H groups in total. The number of phenolic OH excluding ortho intramolecular Hbond substituents is 1. The first kappa shape index (κ1) is 37.2. The van der Waals surface area contributed by atoms with Crippen LogP contribution in [0.3, 0.4) is 0 Å². The summed E-state index contributed by atoms with van der Waals surface area (Å²) in [6, 6.07) is 65.5. The van der Waals surface area contributed by atoms with Gasteiger partial charge in [-0.25, -0.2) is 4.98 Å². The van der Waals surface area contributed by atoms with Gasteiger partial charge in [-0.3, -0.25) is 9.55 Å². The van der Waals surface area contributed by atoms with Gasteiger partial charge in [0.2, 0.25) is 0 Å². The van der Waals surface area contributed by atoms with E-state index in [1.807, 2.05) is 114 Å². The molecular weight excluding hydrogens is 966 g/mol. The number of phenols is 1. The van der Waals surface area contributed by atoms with Crippen LogP contribution in [0.2, 0.25) is 0 Å². The van der Waals surface area contributed by atoms with Gasteiger partial charge in [-0.15, -0.1) is 11.6 Å². The Bertz CT molecular complexity index is 3620. The molecule has 0 fully saturated rings. The van der Waals surface area contributed by atoms with Crippen LogP contribution in [0.25, 0.3) is 94.7 Å². The zero-order valence-corrected chi connectivity index (χ0v) is 37.3. The standard InChI is InChI=1S/C58H42N3O2.Pt/c1-37-25-30-50(47(33-37)39-15-6-4-7-16-39)61-51-22-14-21-44(56(51)60-57(61)45-19-10-12-23-52(45)62)48-34-41(36-54-55(48)46-20-11-13-24-53(46)63-54)49-35-40(31-32-59-49)38-26-28-43(29-27-38)58(2,3)42-17-8-5-9-18-42;/h4-33,35-36,62H,1-3H3;/q-1;/i1D3;. The van der Waals surface area contributed by atoms with Crippen molar-refractivity contribution in [1.82, 2.24) is 14.5 Å². The molecule has 0 saturated heterocycles. The van der Waals surface area contributed by atoms with Gasteiger partial charge in [0, 0.05) is 48.0 Å². The molecule has 3 aromatic heterocycles. The number of para-hydroxylation sites is 3. The molecule has 6 heteroatoms. The Balaban J connectivity index is 0.00000525. The van der Waals surface area contributed by atoms with Crippen molar-refractivity contribution >= 4 is 33.0 Å². The number of nitrogens with zero attached hydrogens (tertiary/aromatic N) is 3. The number of fused-ring (bicyclic) bond motifs is 4. The average Bonchev–Trinajstić information content (AvgIpc) is 3.93. The second kappa shape index (κ2) is 16.4. The number of aryl methyl sites for hydroxylation is 1. The van der Waals surface area contributed by atoms with E-state index in [9.17, 15) is 5.11 Å². The first-order valence-corrected chi connectivity index (χ1v) is 21.0. The summed E-state index contributed by atoms with van der Waals surface area (Å²) in [6.45, 7) is 2.18. The number of aromatic nitrogens is 3. The van der Waals surface area contributed by atoms with Crippen molar-refractivity contribution in [3.8, 4) is 67.5 Å². The van der Waals surface area contributed by atoms with Gasteiger partial charge in [0.1, 0.15) is 17.2 Å². The molecule has 0 amide bonds. The minimum atomic E-state index is -2.33. The van der Waals surface area contributed by atoms with E-state index in [0.29, 0.717) is 33.7 Å². The zero-order chi connectivity index (χ0) is 45.2. The van der Waals surface area contributed by atoms with Crippen LogP contribution in [0.15, 0.2) is 199 Å². The first-order chi connectivity index (χ1) is 32.0. The Morgan fingerprint density at radius 3 is 2.14 bits per heavy atom. The molecule has 0 aliphatic heterocycles. The summed E-state index contributed by atoms with van der Waals surface area (Å²) in [5.74, 6) is 0.555. The molecule has 0 aliphatic carbocycles.